The normalized spacial score (nSPS) is 21.8. The molecule has 5 heteroatoms. The molecule has 2 fully saturated rings. The predicted molar refractivity (Wildman–Crippen MR) is 130 cm³/mol. The Morgan fingerprint density at radius 1 is 1.03 bits per heavy atom. The Kier molecular flexibility index (Phi) is 8.02. The summed E-state index contributed by atoms with van der Waals surface area (Å²) >= 11 is 0. The highest BCUT2D eigenvalue weighted by atomic mass is 19.1. The lowest BCUT2D eigenvalue weighted by atomic mass is 9.88. The molecule has 1 amide bonds. The van der Waals surface area contributed by atoms with Crippen molar-refractivity contribution >= 4 is 5.91 Å². The van der Waals surface area contributed by atoms with Crippen molar-refractivity contribution in [2.45, 2.75) is 51.5 Å². The molecule has 2 aromatic rings. The van der Waals surface area contributed by atoms with E-state index in [4.69, 9.17) is 4.74 Å². The summed E-state index contributed by atoms with van der Waals surface area (Å²) in [6.45, 7) is 6.09. The predicted octanol–water partition coefficient (Wildman–Crippen LogP) is 5.48. The van der Waals surface area contributed by atoms with E-state index in [-0.39, 0.29) is 11.7 Å². The van der Waals surface area contributed by atoms with Gasteiger partial charge >= 0.3 is 0 Å². The maximum Gasteiger partial charge on any atom is 0.219 e. The van der Waals surface area contributed by atoms with Gasteiger partial charge < -0.3 is 14.5 Å². The first-order chi connectivity index (χ1) is 16.0. The second-order valence-corrected chi connectivity index (χ2v) is 9.89. The van der Waals surface area contributed by atoms with Crippen LogP contribution in [0.4, 0.5) is 4.39 Å². The molecule has 2 aromatic carbocycles. The zero-order valence-corrected chi connectivity index (χ0v) is 20.0. The largest absolute Gasteiger partial charge is 0.497 e. The van der Waals surface area contributed by atoms with Crippen molar-refractivity contribution in [3.63, 3.8) is 0 Å². The standard InChI is InChI=1S/C28H37FN2O2/c1-21(32)31(17-23-8-12-26(29)13-9-23)19-25-18-30(16-22-6-4-3-5-7-22)20-28(25)24-10-14-27(33-2)15-11-24/h8-15,22,25,28H,3-7,16-20H2,1-2H3. The quantitative estimate of drug-likeness (QED) is 0.532. The number of ether oxygens (including phenoxy) is 1. The van der Waals surface area contributed by atoms with Gasteiger partial charge in [-0.3, -0.25) is 4.79 Å². The van der Waals surface area contributed by atoms with E-state index in [0.717, 1.165) is 30.3 Å². The van der Waals surface area contributed by atoms with Crippen LogP contribution in [0.15, 0.2) is 48.5 Å². The van der Waals surface area contributed by atoms with Crippen LogP contribution in [0, 0.1) is 17.7 Å². The van der Waals surface area contributed by atoms with Crippen molar-refractivity contribution in [1.29, 1.82) is 0 Å². The first-order valence-electron chi connectivity index (χ1n) is 12.4. The molecule has 33 heavy (non-hydrogen) atoms. The van der Waals surface area contributed by atoms with Crippen molar-refractivity contribution in [2.75, 3.05) is 33.3 Å². The second-order valence-electron chi connectivity index (χ2n) is 9.89. The fraction of sp³-hybridized carbons (Fsp3) is 0.536. The van der Waals surface area contributed by atoms with E-state index in [1.165, 1.54) is 56.3 Å². The molecular weight excluding hydrogens is 415 g/mol. The van der Waals surface area contributed by atoms with E-state index in [2.05, 4.69) is 17.0 Å². The van der Waals surface area contributed by atoms with Crippen LogP contribution >= 0.6 is 0 Å². The van der Waals surface area contributed by atoms with E-state index in [9.17, 15) is 9.18 Å². The van der Waals surface area contributed by atoms with Crippen LogP contribution in [0.1, 0.15) is 56.1 Å². The van der Waals surface area contributed by atoms with E-state index in [1.807, 2.05) is 17.0 Å². The van der Waals surface area contributed by atoms with Crippen LogP contribution in [-0.4, -0.2) is 49.0 Å². The third-order valence-corrected chi connectivity index (χ3v) is 7.49. The molecule has 2 unspecified atom stereocenters. The first-order valence-corrected chi connectivity index (χ1v) is 12.4. The second kappa shape index (κ2) is 11.1. The number of nitrogens with zero attached hydrogens (tertiary/aromatic N) is 2. The van der Waals surface area contributed by atoms with Crippen molar-refractivity contribution in [2.24, 2.45) is 11.8 Å². The fourth-order valence-corrected chi connectivity index (χ4v) is 5.66. The smallest absolute Gasteiger partial charge is 0.219 e. The molecule has 2 atom stereocenters. The van der Waals surface area contributed by atoms with Crippen LogP contribution in [0.5, 0.6) is 5.75 Å². The molecule has 178 valence electrons. The molecule has 2 aliphatic rings. The van der Waals surface area contributed by atoms with Gasteiger partial charge in [-0.2, -0.15) is 0 Å². The third kappa shape index (κ3) is 6.35. The summed E-state index contributed by atoms with van der Waals surface area (Å²) < 4.78 is 18.7. The molecule has 4 nitrogen and oxygen atoms in total. The van der Waals surface area contributed by atoms with E-state index >= 15 is 0 Å². The molecule has 1 aliphatic carbocycles. The average molecular weight is 453 g/mol. The average Bonchev–Trinajstić information content (AvgIpc) is 3.22. The Bertz CT molecular complexity index is 893. The minimum absolute atomic E-state index is 0.0681. The van der Waals surface area contributed by atoms with Gasteiger partial charge in [-0.1, -0.05) is 43.5 Å². The lowest BCUT2D eigenvalue weighted by Crippen LogP contribution is -2.36. The van der Waals surface area contributed by atoms with Gasteiger partial charge in [-0.25, -0.2) is 4.39 Å². The molecule has 1 saturated carbocycles. The van der Waals surface area contributed by atoms with Crippen molar-refractivity contribution in [3.05, 3.63) is 65.5 Å². The van der Waals surface area contributed by atoms with E-state index < -0.39 is 0 Å². The SMILES string of the molecule is COc1ccc(C2CN(CC3CCCCC3)CC2CN(Cc2ccc(F)cc2)C(C)=O)cc1. The number of rotatable bonds is 8. The summed E-state index contributed by atoms with van der Waals surface area (Å²) in [7, 11) is 1.69. The number of halogens is 1. The number of hydrogen-bond acceptors (Lipinski definition) is 3. The molecule has 1 heterocycles. The number of carbonyl (C=O) groups is 1. The highest BCUT2D eigenvalue weighted by Gasteiger charge is 2.36. The van der Waals surface area contributed by atoms with Gasteiger partial charge in [0, 0.05) is 45.6 Å². The minimum Gasteiger partial charge on any atom is -0.497 e. The molecule has 0 radical (unpaired) electrons. The van der Waals surface area contributed by atoms with Crippen molar-refractivity contribution in [1.82, 2.24) is 9.80 Å². The van der Waals surface area contributed by atoms with Gasteiger partial charge in [0.1, 0.15) is 11.6 Å². The van der Waals surface area contributed by atoms with Crippen LogP contribution < -0.4 is 4.74 Å². The number of methoxy groups -OCH3 is 1. The summed E-state index contributed by atoms with van der Waals surface area (Å²) in [6.07, 6.45) is 6.79. The number of amides is 1. The Labute approximate surface area is 197 Å². The topological polar surface area (TPSA) is 32.8 Å². The number of likely N-dealkylation sites (tertiary alicyclic amines) is 1. The molecular formula is C28H37FN2O2. The molecule has 4 rings (SSSR count). The van der Waals surface area contributed by atoms with Crippen molar-refractivity contribution < 1.29 is 13.9 Å². The molecule has 0 bridgehead atoms. The Balaban J connectivity index is 1.50. The maximum atomic E-state index is 13.3. The Morgan fingerprint density at radius 2 is 1.73 bits per heavy atom. The van der Waals surface area contributed by atoms with Gasteiger partial charge in [0.15, 0.2) is 0 Å². The monoisotopic (exact) mass is 452 g/mol. The van der Waals surface area contributed by atoms with Gasteiger partial charge in [-0.05, 0) is 60.1 Å². The van der Waals surface area contributed by atoms with Crippen LogP contribution in [0.3, 0.4) is 0 Å². The highest BCUT2D eigenvalue weighted by molar-refractivity contribution is 5.73. The zero-order chi connectivity index (χ0) is 23.2. The number of hydrogen-bond donors (Lipinski definition) is 0. The molecule has 0 aromatic heterocycles. The van der Waals surface area contributed by atoms with Crippen LogP contribution in [0.2, 0.25) is 0 Å². The maximum absolute atomic E-state index is 13.3. The molecule has 1 aliphatic heterocycles. The lowest BCUT2D eigenvalue weighted by molar-refractivity contribution is -0.130. The van der Waals surface area contributed by atoms with Gasteiger partial charge in [0.25, 0.3) is 0 Å². The van der Waals surface area contributed by atoms with Gasteiger partial charge in [-0.15, -0.1) is 0 Å². The molecule has 0 N–H and O–H groups in total. The molecule has 1 saturated heterocycles. The highest BCUT2D eigenvalue weighted by Crippen LogP contribution is 2.36. The van der Waals surface area contributed by atoms with Gasteiger partial charge in [0.2, 0.25) is 5.91 Å². The number of benzene rings is 2. The molecule has 0 spiro atoms. The summed E-state index contributed by atoms with van der Waals surface area (Å²) in [4.78, 5) is 17.1. The van der Waals surface area contributed by atoms with E-state index in [0.29, 0.717) is 24.9 Å². The zero-order valence-electron chi connectivity index (χ0n) is 20.0. The van der Waals surface area contributed by atoms with Gasteiger partial charge in [0.05, 0.1) is 7.11 Å². The lowest BCUT2D eigenvalue weighted by Gasteiger charge is -2.28. The third-order valence-electron chi connectivity index (χ3n) is 7.49. The Morgan fingerprint density at radius 3 is 2.36 bits per heavy atom. The van der Waals surface area contributed by atoms with Crippen LogP contribution in [0.25, 0.3) is 0 Å². The van der Waals surface area contributed by atoms with Crippen LogP contribution in [-0.2, 0) is 11.3 Å². The summed E-state index contributed by atoms with van der Waals surface area (Å²) in [6, 6.07) is 14.9. The minimum atomic E-state index is -0.248. The fourth-order valence-electron chi connectivity index (χ4n) is 5.66. The number of carbonyl (C=O) groups excluding carboxylic acids is 1. The van der Waals surface area contributed by atoms with Crippen molar-refractivity contribution in [3.8, 4) is 5.75 Å². The van der Waals surface area contributed by atoms with E-state index in [1.54, 1.807) is 26.2 Å². The Hall–Kier alpha value is -2.40. The summed E-state index contributed by atoms with van der Waals surface area (Å²) in [5.41, 5.74) is 2.28. The summed E-state index contributed by atoms with van der Waals surface area (Å²) in [5.74, 6) is 2.24. The first kappa shape index (κ1) is 23.7. The summed E-state index contributed by atoms with van der Waals surface area (Å²) in [5, 5.41) is 0.